The van der Waals surface area contributed by atoms with Crippen molar-refractivity contribution in [2.75, 3.05) is 6.61 Å². The summed E-state index contributed by atoms with van der Waals surface area (Å²) in [6, 6.07) is 10.0. The van der Waals surface area contributed by atoms with E-state index in [9.17, 15) is 0 Å². The van der Waals surface area contributed by atoms with Gasteiger partial charge in [-0.1, -0.05) is 56.0 Å². The minimum Gasteiger partial charge on any atom is -0.396 e. The van der Waals surface area contributed by atoms with Gasteiger partial charge in [-0.3, -0.25) is 0 Å². The smallest absolute Gasteiger partial charge is 0.120 e. The van der Waals surface area contributed by atoms with Crippen molar-refractivity contribution in [3.05, 3.63) is 35.9 Å². The summed E-state index contributed by atoms with van der Waals surface area (Å²) in [5, 5.41) is 9.03. The van der Waals surface area contributed by atoms with Crippen LogP contribution in [0, 0.1) is 11.8 Å². The number of hydrogen-bond acceptors (Lipinski definition) is 2. The van der Waals surface area contributed by atoms with Crippen LogP contribution in [0.1, 0.15) is 44.6 Å². The van der Waals surface area contributed by atoms with Gasteiger partial charge in [-0.25, -0.2) is 0 Å². The van der Waals surface area contributed by atoms with Crippen molar-refractivity contribution in [1.29, 1.82) is 0 Å². The van der Waals surface area contributed by atoms with E-state index in [1.54, 1.807) is 0 Å². The van der Waals surface area contributed by atoms with Crippen molar-refractivity contribution >= 4 is 0 Å². The third kappa shape index (κ3) is 7.66. The second kappa shape index (κ2) is 10.6. The lowest BCUT2D eigenvalue weighted by atomic mass is 10.2. The van der Waals surface area contributed by atoms with E-state index in [2.05, 4.69) is 18.8 Å². The molecule has 19 heavy (non-hydrogen) atoms. The van der Waals surface area contributed by atoms with Crippen LogP contribution < -0.4 is 0 Å². The van der Waals surface area contributed by atoms with Gasteiger partial charge in [0.2, 0.25) is 0 Å². The molecule has 0 aliphatic carbocycles. The number of benzene rings is 1. The van der Waals surface area contributed by atoms with Crippen molar-refractivity contribution in [3.63, 3.8) is 0 Å². The molecule has 0 saturated heterocycles. The Kier molecular flexibility index (Phi) is 8.80. The highest BCUT2D eigenvalue weighted by molar-refractivity contribution is 5.14. The molecule has 0 heterocycles. The first-order chi connectivity index (χ1) is 9.36. The van der Waals surface area contributed by atoms with Gasteiger partial charge in [0.15, 0.2) is 0 Å². The van der Waals surface area contributed by atoms with Crippen LogP contribution in [0.15, 0.2) is 30.3 Å². The number of ether oxygens (including phenoxy) is 1. The summed E-state index contributed by atoms with van der Waals surface area (Å²) >= 11 is 0. The number of unbranched alkanes of at least 4 members (excludes halogenated alkanes) is 3. The Hall–Kier alpha value is -1.30. The van der Waals surface area contributed by atoms with Gasteiger partial charge in [0.25, 0.3) is 0 Å². The highest BCUT2D eigenvalue weighted by Gasteiger charge is 2.04. The molecule has 0 spiro atoms. The second-order valence-corrected chi connectivity index (χ2v) is 4.58. The molecule has 0 aliphatic heterocycles. The van der Waals surface area contributed by atoms with Gasteiger partial charge in [0.1, 0.15) is 6.10 Å². The van der Waals surface area contributed by atoms with Crippen molar-refractivity contribution in [1.82, 2.24) is 0 Å². The lowest BCUT2D eigenvalue weighted by Crippen LogP contribution is -2.12. The molecule has 1 N–H and O–H groups in total. The summed E-state index contributed by atoms with van der Waals surface area (Å²) in [7, 11) is 0. The van der Waals surface area contributed by atoms with Crippen molar-refractivity contribution in [3.8, 4) is 11.8 Å². The fourth-order valence-electron chi connectivity index (χ4n) is 1.73. The Morgan fingerprint density at radius 3 is 2.68 bits per heavy atom. The van der Waals surface area contributed by atoms with E-state index in [-0.39, 0.29) is 12.7 Å². The van der Waals surface area contributed by atoms with Gasteiger partial charge in [-0.05, 0) is 12.0 Å². The number of hydrogen-bond donors (Lipinski definition) is 1. The fraction of sp³-hybridized carbons (Fsp3) is 0.529. The first-order valence-electron chi connectivity index (χ1n) is 7.11. The standard InChI is InChI=1S/C17H24O2/c1-2-3-4-5-9-12-17(13-14-18)19-15-16-10-7-6-8-11-16/h6-8,10-11,17-18H,2-5,13-15H2,1H3/t17-/m0/s1. The second-order valence-electron chi connectivity index (χ2n) is 4.58. The van der Waals surface area contributed by atoms with Gasteiger partial charge in [-0.15, -0.1) is 5.92 Å². The first-order valence-corrected chi connectivity index (χ1v) is 7.11. The van der Waals surface area contributed by atoms with Crippen LogP contribution in [0.5, 0.6) is 0 Å². The van der Waals surface area contributed by atoms with E-state index >= 15 is 0 Å². The molecular formula is C17H24O2. The average Bonchev–Trinajstić information content (AvgIpc) is 2.45. The summed E-state index contributed by atoms with van der Waals surface area (Å²) in [6.45, 7) is 2.85. The Morgan fingerprint density at radius 2 is 2.00 bits per heavy atom. The number of rotatable bonds is 8. The maximum Gasteiger partial charge on any atom is 0.120 e. The SMILES string of the molecule is CCCCCC#C[C@@H](CCO)OCc1ccccc1. The maximum absolute atomic E-state index is 9.03. The molecule has 1 aromatic rings. The summed E-state index contributed by atoms with van der Waals surface area (Å²) in [4.78, 5) is 0. The summed E-state index contributed by atoms with van der Waals surface area (Å²) in [5.41, 5.74) is 1.14. The largest absolute Gasteiger partial charge is 0.396 e. The molecule has 0 aliphatic rings. The van der Waals surface area contributed by atoms with E-state index in [1.165, 1.54) is 12.8 Å². The zero-order chi connectivity index (χ0) is 13.8. The van der Waals surface area contributed by atoms with Crippen molar-refractivity contribution in [2.24, 2.45) is 0 Å². The summed E-state index contributed by atoms with van der Waals surface area (Å²) in [6.07, 6.45) is 4.93. The highest BCUT2D eigenvalue weighted by Crippen LogP contribution is 2.05. The van der Waals surface area contributed by atoms with E-state index < -0.39 is 0 Å². The zero-order valence-electron chi connectivity index (χ0n) is 11.8. The molecule has 1 aromatic carbocycles. The van der Waals surface area contributed by atoms with Crippen molar-refractivity contribution < 1.29 is 9.84 Å². The molecule has 0 aromatic heterocycles. The van der Waals surface area contributed by atoms with E-state index in [0.717, 1.165) is 18.4 Å². The molecule has 0 bridgehead atoms. The minimum atomic E-state index is -0.160. The van der Waals surface area contributed by atoms with Crippen LogP contribution >= 0.6 is 0 Å². The third-order valence-corrected chi connectivity index (χ3v) is 2.85. The Balaban J connectivity index is 2.35. The fourth-order valence-corrected chi connectivity index (χ4v) is 1.73. The summed E-state index contributed by atoms with van der Waals surface area (Å²) < 4.78 is 5.74. The van der Waals surface area contributed by atoms with Crippen LogP contribution in [0.3, 0.4) is 0 Å². The molecule has 0 unspecified atom stereocenters. The average molecular weight is 260 g/mol. The Labute approximate surface area is 116 Å². The third-order valence-electron chi connectivity index (χ3n) is 2.85. The number of aliphatic hydroxyl groups excluding tert-OH is 1. The Morgan fingerprint density at radius 1 is 1.21 bits per heavy atom. The molecule has 104 valence electrons. The van der Waals surface area contributed by atoms with Gasteiger partial charge < -0.3 is 9.84 Å². The molecule has 0 radical (unpaired) electrons. The molecule has 1 atom stereocenters. The van der Waals surface area contributed by atoms with Crippen LogP contribution in [0.4, 0.5) is 0 Å². The molecule has 0 fully saturated rings. The molecule has 0 saturated carbocycles. The summed E-state index contributed by atoms with van der Waals surface area (Å²) in [5.74, 6) is 6.27. The van der Waals surface area contributed by atoms with E-state index in [4.69, 9.17) is 9.84 Å². The van der Waals surface area contributed by atoms with Crippen LogP contribution in [-0.4, -0.2) is 17.8 Å². The van der Waals surface area contributed by atoms with Gasteiger partial charge in [0.05, 0.1) is 6.61 Å². The normalized spacial score (nSPS) is 11.7. The molecule has 1 rings (SSSR count). The molecular weight excluding hydrogens is 236 g/mol. The van der Waals surface area contributed by atoms with Crippen LogP contribution in [0.25, 0.3) is 0 Å². The van der Waals surface area contributed by atoms with Gasteiger partial charge in [-0.2, -0.15) is 0 Å². The van der Waals surface area contributed by atoms with Gasteiger partial charge >= 0.3 is 0 Å². The van der Waals surface area contributed by atoms with Crippen LogP contribution in [-0.2, 0) is 11.3 Å². The van der Waals surface area contributed by atoms with Crippen molar-refractivity contribution in [2.45, 2.75) is 51.7 Å². The highest BCUT2D eigenvalue weighted by atomic mass is 16.5. The predicted molar refractivity (Wildman–Crippen MR) is 78.6 cm³/mol. The maximum atomic E-state index is 9.03. The lowest BCUT2D eigenvalue weighted by Gasteiger charge is -2.10. The molecule has 0 amide bonds. The monoisotopic (exact) mass is 260 g/mol. The molecule has 2 nitrogen and oxygen atoms in total. The zero-order valence-corrected chi connectivity index (χ0v) is 11.8. The van der Waals surface area contributed by atoms with E-state index in [1.807, 2.05) is 30.3 Å². The van der Waals surface area contributed by atoms with E-state index in [0.29, 0.717) is 13.0 Å². The first kappa shape index (κ1) is 15.8. The molecule has 2 heteroatoms. The minimum absolute atomic E-state index is 0.114. The van der Waals surface area contributed by atoms with Crippen LogP contribution in [0.2, 0.25) is 0 Å². The predicted octanol–water partition coefficient (Wildman–Crippen LogP) is 3.54. The number of aliphatic hydroxyl groups is 1. The Bertz CT molecular complexity index is 375. The topological polar surface area (TPSA) is 29.5 Å². The quantitative estimate of drug-likeness (QED) is 0.572. The van der Waals surface area contributed by atoms with Gasteiger partial charge in [0, 0.05) is 19.4 Å². The lowest BCUT2D eigenvalue weighted by molar-refractivity contribution is 0.0603.